The number of nitrogens with zero attached hydrogens (tertiary/aromatic N) is 1. The number of fused-ring (bicyclic) bond motifs is 1. The van der Waals surface area contributed by atoms with E-state index in [9.17, 15) is 0 Å². The summed E-state index contributed by atoms with van der Waals surface area (Å²) in [5.41, 5.74) is 0. The molecule has 1 saturated heterocycles. The van der Waals surface area contributed by atoms with Crippen molar-refractivity contribution < 1.29 is 0 Å². The minimum absolute atomic E-state index is 0.593. The van der Waals surface area contributed by atoms with E-state index in [2.05, 4.69) is 24.5 Å². The minimum atomic E-state index is 0.593. The van der Waals surface area contributed by atoms with Crippen LogP contribution in [0.2, 0.25) is 0 Å². The molecule has 0 aromatic carbocycles. The van der Waals surface area contributed by atoms with Crippen LogP contribution in [-0.4, -0.2) is 24.0 Å². The molecule has 2 fully saturated rings. The summed E-state index contributed by atoms with van der Waals surface area (Å²) < 4.78 is 0. The summed E-state index contributed by atoms with van der Waals surface area (Å²) in [6.07, 6.45) is 6.50. The maximum Gasteiger partial charge on any atom is 0.0247 e. The molecule has 2 aliphatic rings. The molecule has 0 bridgehead atoms. The second-order valence-electron chi connectivity index (χ2n) is 4.38. The van der Waals surface area contributed by atoms with E-state index < -0.39 is 0 Å². The predicted octanol–water partition coefficient (Wildman–Crippen LogP) is 2.29. The molecule has 1 heteroatoms. The van der Waals surface area contributed by atoms with Crippen LogP contribution >= 0.6 is 0 Å². The molecule has 0 aromatic heterocycles. The second-order valence-corrected chi connectivity index (χ2v) is 4.38. The quantitative estimate of drug-likeness (QED) is 0.567. The van der Waals surface area contributed by atoms with Crippen molar-refractivity contribution >= 4 is 0 Å². The van der Waals surface area contributed by atoms with Crippen molar-refractivity contribution in [1.82, 2.24) is 4.90 Å². The first kappa shape index (κ1) is 8.31. The molecule has 12 heavy (non-hydrogen) atoms. The van der Waals surface area contributed by atoms with Crippen LogP contribution in [0.3, 0.4) is 0 Å². The maximum atomic E-state index is 3.86. The van der Waals surface area contributed by atoms with Gasteiger partial charge in [0.05, 0.1) is 0 Å². The fraction of sp³-hybridized carbons (Fsp3) is 0.818. The molecule has 3 unspecified atom stereocenters. The Hall–Kier alpha value is -0.300. The Labute approximate surface area is 75.4 Å². The Kier molecular flexibility index (Phi) is 2.22. The van der Waals surface area contributed by atoms with Gasteiger partial charge in [-0.25, -0.2) is 0 Å². The lowest BCUT2D eigenvalue weighted by Gasteiger charge is -2.21. The summed E-state index contributed by atoms with van der Waals surface area (Å²) in [4.78, 5) is 2.58. The largest absolute Gasteiger partial charge is 0.297 e. The maximum absolute atomic E-state index is 3.86. The number of hydrogen-bond donors (Lipinski definition) is 0. The molecule has 0 aromatic rings. The van der Waals surface area contributed by atoms with E-state index in [1.807, 2.05) is 0 Å². The molecule has 2 rings (SSSR count). The zero-order valence-electron chi connectivity index (χ0n) is 8.00. The molecule has 0 radical (unpaired) electrons. The van der Waals surface area contributed by atoms with E-state index in [1.165, 1.54) is 32.4 Å². The highest BCUT2D eigenvalue weighted by molar-refractivity contribution is 4.94. The van der Waals surface area contributed by atoms with Crippen LogP contribution in [0, 0.1) is 11.8 Å². The lowest BCUT2D eigenvalue weighted by molar-refractivity contribution is 0.276. The van der Waals surface area contributed by atoms with Crippen LogP contribution in [0.5, 0.6) is 0 Å². The van der Waals surface area contributed by atoms with Crippen LogP contribution < -0.4 is 0 Å². The van der Waals surface area contributed by atoms with Gasteiger partial charge in [-0.2, -0.15) is 0 Å². The highest BCUT2D eigenvalue weighted by atomic mass is 15.2. The monoisotopic (exact) mass is 165 g/mol. The van der Waals surface area contributed by atoms with E-state index in [4.69, 9.17) is 0 Å². The van der Waals surface area contributed by atoms with E-state index in [0.29, 0.717) is 6.04 Å². The number of likely N-dealkylation sites (tertiary alicyclic amines) is 1. The predicted molar refractivity (Wildman–Crippen MR) is 52.1 cm³/mol. The molecule has 68 valence electrons. The van der Waals surface area contributed by atoms with E-state index >= 15 is 0 Å². The summed E-state index contributed by atoms with van der Waals surface area (Å²) in [7, 11) is 0. The highest BCUT2D eigenvalue weighted by Gasteiger charge is 2.36. The molecular weight excluding hydrogens is 146 g/mol. The molecule has 0 N–H and O–H groups in total. The van der Waals surface area contributed by atoms with Crippen LogP contribution in [-0.2, 0) is 0 Å². The first-order chi connectivity index (χ1) is 5.81. The van der Waals surface area contributed by atoms with Crippen LogP contribution in [0.25, 0.3) is 0 Å². The van der Waals surface area contributed by atoms with Crippen LogP contribution in [0.4, 0.5) is 0 Å². The van der Waals surface area contributed by atoms with Crippen molar-refractivity contribution in [2.75, 3.05) is 13.1 Å². The van der Waals surface area contributed by atoms with Crippen molar-refractivity contribution in [1.29, 1.82) is 0 Å². The Bertz CT molecular complexity index is 164. The fourth-order valence-electron chi connectivity index (χ4n) is 2.75. The van der Waals surface area contributed by atoms with Crippen LogP contribution in [0.15, 0.2) is 12.7 Å². The van der Waals surface area contributed by atoms with E-state index in [0.717, 1.165) is 11.8 Å². The molecule has 0 amide bonds. The molecule has 1 aliphatic heterocycles. The van der Waals surface area contributed by atoms with Gasteiger partial charge in [-0.05, 0) is 31.6 Å². The second kappa shape index (κ2) is 3.21. The summed E-state index contributed by atoms with van der Waals surface area (Å²) in [5.74, 6) is 2.04. The lowest BCUT2D eigenvalue weighted by atomic mass is 10.0. The fourth-order valence-corrected chi connectivity index (χ4v) is 2.75. The molecule has 1 heterocycles. The smallest absolute Gasteiger partial charge is 0.0247 e. The van der Waals surface area contributed by atoms with Crippen molar-refractivity contribution in [3.8, 4) is 0 Å². The van der Waals surface area contributed by atoms with Crippen molar-refractivity contribution in [3.05, 3.63) is 12.7 Å². The summed E-state index contributed by atoms with van der Waals surface area (Å²) >= 11 is 0. The normalized spacial score (nSPS) is 38.1. The minimum Gasteiger partial charge on any atom is -0.297 e. The van der Waals surface area contributed by atoms with Gasteiger partial charge in [0, 0.05) is 19.1 Å². The Morgan fingerprint density at radius 1 is 1.33 bits per heavy atom. The topological polar surface area (TPSA) is 3.24 Å². The molecule has 1 nitrogen and oxygen atoms in total. The number of hydrogen-bond acceptors (Lipinski definition) is 1. The van der Waals surface area contributed by atoms with Gasteiger partial charge in [-0.15, -0.1) is 6.58 Å². The van der Waals surface area contributed by atoms with Gasteiger partial charge in [0.2, 0.25) is 0 Å². The Balaban J connectivity index is 1.94. The zero-order valence-corrected chi connectivity index (χ0v) is 8.00. The summed E-state index contributed by atoms with van der Waals surface area (Å²) in [6, 6.07) is 0.593. The first-order valence-electron chi connectivity index (χ1n) is 5.18. The van der Waals surface area contributed by atoms with Gasteiger partial charge in [0.25, 0.3) is 0 Å². The average molecular weight is 165 g/mol. The Morgan fingerprint density at radius 2 is 1.92 bits per heavy atom. The van der Waals surface area contributed by atoms with Crippen molar-refractivity contribution in [2.24, 2.45) is 11.8 Å². The lowest BCUT2D eigenvalue weighted by Crippen LogP contribution is -2.29. The third kappa shape index (κ3) is 1.31. The van der Waals surface area contributed by atoms with Gasteiger partial charge in [-0.1, -0.05) is 12.5 Å². The van der Waals surface area contributed by atoms with Gasteiger partial charge in [0.1, 0.15) is 0 Å². The van der Waals surface area contributed by atoms with Crippen LogP contribution in [0.1, 0.15) is 26.2 Å². The molecule has 3 atom stereocenters. The molecule has 0 spiro atoms. The zero-order chi connectivity index (χ0) is 8.55. The molecule has 1 aliphatic carbocycles. The Morgan fingerprint density at radius 3 is 2.42 bits per heavy atom. The first-order valence-corrected chi connectivity index (χ1v) is 5.18. The summed E-state index contributed by atoms with van der Waals surface area (Å²) in [6.45, 7) is 8.78. The highest BCUT2D eigenvalue weighted by Crippen LogP contribution is 2.38. The summed E-state index contributed by atoms with van der Waals surface area (Å²) in [5, 5.41) is 0. The van der Waals surface area contributed by atoms with E-state index in [1.54, 1.807) is 0 Å². The van der Waals surface area contributed by atoms with Gasteiger partial charge < -0.3 is 0 Å². The standard InChI is InChI=1S/C11H19N/c1-3-9(2)12-7-10-5-4-6-11(10)8-12/h3,9-11H,1,4-8H2,2H3. The van der Waals surface area contributed by atoms with Gasteiger partial charge in [-0.3, -0.25) is 4.90 Å². The van der Waals surface area contributed by atoms with Gasteiger partial charge >= 0.3 is 0 Å². The third-order valence-electron chi connectivity index (χ3n) is 3.67. The molecule has 1 saturated carbocycles. The average Bonchev–Trinajstić information content (AvgIpc) is 2.60. The third-order valence-corrected chi connectivity index (χ3v) is 3.67. The number of rotatable bonds is 2. The van der Waals surface area contributed by atoms with E-state index in [-0.39, 0.29) is 0 Å². The SMILES string of the molecule is C=CC(C)N1CC2CCCC2C1. The van der Waals surface area contributed by atoms with Crippen molar-refractivity contribution in [2.45, 2.75) is 32.2 Å². The van der Waals surface area contributed by atoms with Crippen molar-refractivity contribution in [3.63, 3.8) is 0 Å². The van der Waals surface area contributed by atoms with Gasteiger partial charge in [0.15, 0.2) is 0 Å². The molecular formula is C11H19N.